The van der Waals surface area contributed by atoms with Crippen LogP contribution < -0.4 is 4.90 Å². The van der Waals surface area contributed by atoms with Gasteiger partial charge in [-0.15, -0.1) is 0 Å². The highest BCUT2D eigenvalue weighted by atomic mass is 16.3. The monoisotopic (exact) mass is 739 g/mol. The van der Waals surface area contributed by atoms with Gasteiger partial charge in [0.05, 0.1) is 0 Å². The molecule has 0 aliphatic heterocycles. The molecule has 0 saturated carbocycles. The van der Waals surface area contributed by atoms with Crippen molar-refractivity contribution in [2.75, 3.05) is 4.90 Å². The van der Waals surface area contributed by atoms with Gasteiger partial charge in [-0.05, 0) is 133 Å². The molecule has 0 spiro atoms. The predicted molar refractivity (Wildman–Crippen MR) is 245 cm³/mol. The zero-order valence-electron chi connectivity index (χ0n) is 31.7. The third-order valence-electron chi connectivity index (χ3n) is 11.4. The van der Waals surface area contributed by atoms with E-state index in [0.29, 0.717) is 0 Å². The lowest BCUT2D eigenvalue weighted by molar-refractivity contribution is 0.669. The molecule has 0 amide bonds. The molecule has 0 atom stereocenters. The van der Waals surface area contributed by atoms with Crippen LogP contribution in [0.1, 0.15) is 0 Å². The third-order valence-corrected chi connectivity index (χ3v) is 11.4. The highest BCUT2D eigenvalue weighted by Gasteiger charge is 2.17. The first-order valence-electron chi connectivity index (χ1n) is 19.8. The molecule has 0 unspecified atom stereocenters. The predicted octanol–water partition coefficient (Wildman–Crippen LogP) is 16.0. The van der Waals surface area contributed by atoms with E-state index in [0.717, 1.165) is 44.6 Å². The Morgan fingerprint density at radius 2 is 0.845 bits per heavy atom. The van der Waals surface area contributed by atoms with Crippen LogP contribution in [0.2, 0.25) is 0 Å². The fourth-order valence-corrected chi connectivity index (χ4v) is 8.59. The Morgan fingerprint density at radius 3 is 1.62 bits per heavy atom. The maximum atomic E-state index is 6.25. The summed E-state index contributed by atoms with van der Waals surface area (Å²) in [6.07, 6.45) is 0. The molecule has 1 aromatic heterocycles. The van der Waals surface area contributed by atoms with Crippen molar-refractivity contribution in [1.82, 2.24) is 0 Å². The summed E-state index contributed by atoms with van der Waals surface area (Å²) < 4.78 is 6.25. The highest BCUT2D eigenvalue weighted by Crippen LogP contribution is 2.42. The van der Waals surface area contributed by atoms with Crippen LogP contribution in [0.4, 0.5) is 17.1 Å². The molecule has 272 valence electrons. The molecule has 0 fully saturated rings. The molecular weight excluding hydrogens is 703 g/mol. The molecule has 0 bridgehead atoms. The summed E-state index contributed by atoms with van der Waals surface area (Å²) in [6, 6.07) is 80.8. The standard InChI is InChI=1S/C56H37NO/c1-3-13-38(14-4-1)42-18-11-20-48(34-42)57(49-21-12-19-45(35-49)52-37-46(39-15-5-2-6-16-39)33-44-17-7-8-22-50(44)52)47-30-27-40(28-31-47)43-26-25-41-29-32-55-56(53(41)36-43)51-23-9-10-24-54(51)58-55/h1-37H. The van der Waals surface area contributed by atoms with Crippen molar-refractivity contribution in [2.24, 2.45) is 0 Å². The molecule has 0 aliphatic rings. The lowest BCUT2D eigenvalue weighted by Gasteiger charge is -2.27. The highest BCUT2D eigenvalue weighted by molar-refractivity contribution is 6.19. The normalized spacial score (nSPS) is 11.4. The van der Waals surface area contributed by atoms with Gasteiger partial charge in [-0.1, -0.05) is 158 Å². The lowest BCUT2D eigenvalue weighted by Crippen LogP contribution is -2.10. The number of rotatable bonds is 7. The minimum atomic E-state index is 0.914. The van der Waals surface area contributed by atoms with Crippen LogP contribution in [0.15, 0.2) is 229 Å². The van der Waals surface area contributed by atoms with Crippen molar-refractivity contribution in [3.05, 3.63) is 224 Å². The average Bonchev–Trinajstić information content (AvgIpc) is 3.69. The molecule has 1 heterocycles. The molecule has 0 saturated heterocycles. The summed E-state index contributed by atoms with van der Waals surface area (Å²) in [5.41, 5.74) is 14.6. The van der Waals surface area contributed by atoms with Crippen LogP contribution in [0.5, 0.6) is 0 Å². The molecule has 2 heteroatoms. The van der Waals surface area contributed by atoms with Crippen molar-refractivity contribution < 1.29 is 4.42 Å². The number of hydrogen-bond donors (Lipinski definition) is 0. The number of anilines is 3. The van der Waals surface area contributed by atoms with E-state index in [4.69, 9.17) is 4.42 Å². The van der Waals surface area contributed by atoms with Crippen molar-refractivity contribution in [3.8, 4) is 44.5 Å². The maximum absolute atomic E-state index is 6.25. The molecule has 58 heavy (non-hydrogen) atoms. The van der Waals surface area contributed by atoms with Gasteiger partial charge < -0.3 is 9.32 Å². The fraction of sp³-hybridized carbons (Fsp3) is 0. The number of benzene rings is 10. The maximum Gasteiger partial charge on any atom is 0.136 e. The van der Waals surface area contributed by atoms with E-state index in [1.165, 1.54) is 60.5 Å². The number of nitrogens with zero attached hydrogens (tertiary/aromatic N) is 1. The van der Waals surface area contributed by atoms with Gasteiger partial charge in [0, 0.05) is 27.8 Å². The van der Waals surface area contributed by atoms with Crippen LogP contribution in [0.3, 0.4) is 0 Å². The Bertz CT molecular complexity index is 3270. The Kier molecular flexibility index (Phi) is 8.19. The van der Waals surface area contributed by atoms with Gasteiger partial charge in [0.1, 0.15) is 11.2 Å². The topological polar surface area (TPSA) is 16.4 Å². The van der Waals surface area contributed by atoms with Crippen LogP contribution in [-0.2, 0) is 0 Å². The van der Waals surface area contributed by atoms with Gasteiger partial charge in [0.2, 0.25) is 0 Å². The van der Waals surface area contributed by atoms with Gasteiger partial charge in [0.25, 0.3) is 0 Å². The van der Waals surface area contributed by atoms with Crippen molar-refractivity contribution in [1.29, 1.82) is 0 Å². The Balaban J connectivity index is 1.04. The smallest absolute Gasteiger partial charge is 0.136 e. The lowest BCUT2D eigenvalue weighted by atomic mass is 9.92. The van der Waals surface area contributed by atoms with Crippen LogP contribution in [-0.4, -0.2) is 0 Å². The summed E-state index contributed by atoms with van der Waals surface area (Å²) >= 11 is 0. The number of fused-ring (bicyclic) bond motifs is 6. The third kappa shape index (κ3) is 6.00. The zero-order valence-corrected chi connectivity index (χ0v) is 31.7. The number of para-hydroxylation sites is 1. The Morgan fingerprint density at radius 1 is 0.276 bits per heavy atom. The molecule has 0 radical (unpaired) electrons. The van der Waals surface area contributed by atoms with E-state index in [1.54, 1.807) is 0 Å². The van der Waals surface area contributed by atoms with Crippen molar-refractivity contribution in [2.45, 2.75) is 0 Å². The second-order valence-corrected chi connectivity index (χ2v) is 14.9. The molecule has 11 rings (SSSR count). The van der Waals surface area contributed by atoms with E-state index in [-0.39, 0.29) is 0 Å². The van der Waals surface area contributed by atoms with Gasteiger partial charge in [0.15, 0.2) is 0 Å². The molecule has 10 aromatic carbocycles. The van der Waals surface area contributed by atoms with Gasteiger partial charge in [-0.2, -0.15) is 0 Å². The van der Waals surface area contributed by atoms with Gasteiger partial charge in [-0.25, -0.2) is 0 Å². The summed E-state index contributed by atoms with van der Waals surface area (Å²) in [7, 11) is 0. The second kappa shape index (κ2) is 14.1. The first-order chi connectivity index (χ1) is 28.7. The zero-order chi connectivity index (χ0) is 38.4. The Hall–Kier alpha value is -7.68. The van der Waals surface area contributed by atoms with Crippen molar-refractivity contribution in [3.63, 3.8) is 0 Å². The van der Waals surface area contributed by atoms with E-state index in [1.807, 2.05) is 12.1 Å². The van der Waals surface area contributed by atoms with Crippen LogP contribution >= 0.6 is 0 Å². The van der Waals surface area contributed by atoms with E-state index < -0.39 is 0 Å². The summed E-state index contributed by atoms with van der Waals surface area (Å²) in [4.78, 5) is 2.38. The summed E-state index contributed by atoms with van der Waals surface area (Å²) in [5.74, 6) is 0. The Labute approximate surface area is 337 Å². The summed E-state index contributed by atoms with van der Waals surface area (Å²) in [5, 5.41) is 7.17. The van der Waals surface area contributed by atoms with E-state index in [9.17, 15) is 0 Å². The van der Waals surface area contributed by atoms with Crippen LogP contribution in [0, 0.1) is 0 Å². The van der Waals surface area contributed by atoms with Gasteiger partial charge in [-0.3, -0.25) is 0 Å². The van der Waals surface area contributed by atoms with Crippen molar-refractivity contribution >= 4 is 60.5 Å². The molecular formula is C56H37NO. The average molecular weight is 740 g/mol. The fourth-order valence-electron chi connectivity index (χ4n) is 8.59. The van der Waals surface area contributed by atoms with E-state index >= 15 is 0 Å². The first-order valence-corrected chi connectivity index (χ1v) is 19.8. The molecule has 0 N–H and O–H groups in total. The second-order valence-electron chi connectivity index (χ2n) is 14.9. The quantitative estimate of drug-likeness (QED) is 0.162. The number of furan rings is 1. The molecule has 0 aliphatic carbocycles. The first kappa shape index (κ1) is 33.6. The van der Waals surface area contributed by atoms with Gasteiger partial charge >= 0.3 is 0 Å². The minimum Gasteiger partial charge on any atom is -0.456 e. The minimum absolute atomic E-state index is 0.914. The SMILES string of the molecule is c1ccc(-c2cccc(N(c3ccc(-c4ccc5ccc6oc7ccccc7c6c5c4)cc3)c3cccc(-c4cc(-c5ccccc5)cc5ccccc45)c3)c2)cc1. The van der Waals surface area contributed by atoms with E-state index in [2.05, 4.69) is 217 Å². The summed E-state index contributed by atoms with van der Waals surface area (Å²) in [6.45, 7) is 0. The van der Waals surface area contributed by atoms with Crippen LogP contribution in [0.25, 0.3) is 88.0 Å². The molecule has 2 nitrogen and oxygen atoms in total. The molecule has 11 aromatic rings. The largest absolute Gasteiger partial charge is 0.456 e. The number of hydrogen-bond acceptors (Lipinski definition) is 2.